The van der Waals surface area contributed by atoms with Crippen LogP contribution in [0.1, 0.15) is 24.9 Å². The summed E-state index contributed by atoms with van der Waals surface area (Å²) in [7, 11) is 0. The van der Waals surface area contributed by atoms with E-state index in [0.717, 1.165) is 5.56 Å². The van der Waals surface area contributed by atoms with Crippen LogP contribution in [0.15, 0.2) is 61.2 Å². The highest BCUT2D eigenvalue weighted by Crippen LogP contribution is 2.22. The SMILES string of the molecule is CCC(NC(=O)Nc1cc(F)ccc1-n1cccn1)c1ccncc1. The van der Waals surface area contributed by atoms with Crippen molar-refractivity contribution in [3.8, 4) is 5.69 Å². The van der Waals surface area contributed by atoms with E-state index in [9.17, 15) is 9.18 Å². The van der Waals surface area contributed by atoms with E-state index in [1.165, 1.54) is 12.1 Å². The van der Waals surface area contributed by atoms with E-state index in [1.54, 1.807) is 41.6 Å². The van der Waals surface area contributed by atoms with Gasteiger partial charge in [0.2, 0.25) is 0 Å². The molecule has 7 heteroatoms. The first-order valence-electron chi connectivity index (χ1n) is 7.94. The van der Waals surface area contributed by atoms with Crippen molar-refractivity contribution in [2.24, 2.45) is 0 Å². The number of nitrogens with one attached hydrogen (secondary N) is 2. The van der Waals surface area contributed by atoms with Crippen molar-refractivity contribution < 1.29 is 9.18 Å². The molecule has 2 amide bonds. The largest absolute Gasteiger partial charge is 0.331 e. The molecule has 1 atom stereocenters. The van der Waals surface area contributed by atoms with Gasteiger partial charge < -0.3 is 10.6 Å². The van der Waals surface area contributed by atoms with E-state index in [1.807, 2.05) is 19.1 Å². The van der Waals surface area contributed by atoms with Gasteiger partial charge in [0.1, 0.15) is 5.82 Å². The summed E-state index contributed by atoms with van der Waals surface area (Å²) in [5.41, 5.74) is 1.88. The third-order valence-corrected chi connectivity index (χ3v) is 3.78. The van der Waals surface area contributed by atoms with Crippen LogP contribution in [0.5, 0.6) is 0 Å². The van der Waals surface area contributed by atoms with Crippen LogP contribution in [0.4, 0.5) is 14.9 Å². The maximum absolute atomic E-state index is 13.6. The van der Waals surface area contributed by atoms with Gasteiger partial charge in [-0.05, 0) is 48.4 Å². The number of benzene rings is 1. The standard InChI is InChI=1S/C18H18FN5O/c1-2-15(13-6-9-20-10-7-13)22-18(25)23-16-12-14(19)4-5-17(16)24-11-3-8-21-24/h3-12,15H,2H2,1H3,(H2,22,23,25). The summed E-state index contributed by atoms with van der Waals surface area (Å²) in [6.45, 7) is 1.97. The lowest BCUT2D eigenvalue weighted by Crippen LogP contribution is -2.32. The average Bonchev–Trinajstić information content (AvgIpc) is 3.15. The molecule has 3 aromatic rings. The molecule has 128 valence electrons. The van der Waals surface area contributed by atoms with Gasteiger partial charge in [-0.25, -0.2) is 13.9 Å². The minimum Gasteiger partial charge on any atom is -0.331 e. The number of amides is 2. The minimum atomic E-state index is -0.438. The Morgan fingerprint density at radius 3 is 2.72 bits per heavy atom. The molecule has 3 rings (SSSR count). The summed E-state index contributed by atoms with van der Waals surface area (Å²) in [6.07, 6.45) is 7.42. The lowest BCUT2D eigenvalue weighted by atomic mass is 10.1. The molecule has 2 N–H and O–H groups in total. The fourth-order valence-corrected chi connectivity index (χ4v) is 2.55. The summed E-state index contributed by atoms with van der Waals surface area (Å²) in [5, 5.41) is 9.73. The first-order chi connectivity index (χ1) is 12.2. The molecule has 1 unspecified atom stereocenters. The first-order valence-corrected chi connectivity index (χ1v) is 7.94. The third-order valence-electron chi connectivity index (χ3n) is 3.78. The predicted octanol–water partition coefficient (Wildman–Crippen LogP) is 3.68. The number of urea groups is 1. The van der Waals surface area contributed by atoms with Gasteiger partial charge in [0.15, 0.2) is 0 Å². The Morgan fingerprint density at radius 1 is 1.24 bits per heavy atom. The van der Waals surface area contributed by atoms with Crippen molar-refractivity contribution in [1.82, 2.24) is 20.1 Å². The summed E-state index contributed by atoms with van der Waals surface area (Å²) in [4.78, 5) is 16.4. The van der Waals surface area contributed by atoms with Crippen LogP contribution in [-0.2, 0) is 0 Å². The number of aromatic nitrogens is 3. The number of carbonyl (C=O) groups is 1. The highest BCUT2D eigenvalue weighted by molar-refractivity contribution is 5.91. The van der Waals surface area contributed by atoms with Gasteiger partial charge in [-0.15, -0.1) is 0 Å². The minimum absolute atomic E-state index is 0.162. The summed E-state index contributed by atoms with van der Waals surface area (Å²) in [6, 6.07) is 9.04. The molecular weight excluding hydrogens is 321 g/mol. The zero-order valence-electron chi connectivity index (χ0n) is 13.7. The number of anilines is 1. The molecule has 0 saturated heterocycles. The monoisotopic (exact) mass is 339 g/mol. The van der Waals surface area contributed by atoms with Gasteiger partial charge in [0.05, 0.1) is 17.4 Å². The van der Waals surface area contributed by atoms with Crippen LogP contribution in [0, 0.1) is 5.82 Å². The molecule has 6 nitrogen and oxygen atoms in total. The summed E-state index contributed by atoms with van der Waals surface area (Å²) in [5.74, 6) is -0.438. The van der Waals surface area contributed by atoms with Gasteiger partial charge in [0.25, 0.3) is 0 Å². The van der Waals surface area contributed by atoms with Crippen LogP contribution in [0.25, 0.3) is 5.69 Å². The second-order valence-corrected chi connectivity index (χ2v) is 5.45. The molecule has 25 heavy (non-hydrogen) atoms. The van der Waals surface area contributed by atoms with E-state index in [0.29, 0.717) is 17.8 Å². The highest BCUT2D eigenvalue weighted by Gasteiger charge is 2.15. The van der Waals surface area contributed by atoms with E-state index in [4.69, 9.17) is 0 Å². The number of rotatable bonds is 5. The Morgan fingerprint density at radius 2 is 2.04 bits per heavy atom. The quantitative estimate of drug-likeness (QED) is 0.745. The van der Waals surface area contributed by atoms with Crippen molar-refractivity contribution in [2.75, 3.05) is 5.32 Å². The molecule has 0 radical (unpaired) electrons. The van der Waals surface area contributed by atoms with Crippen molar-refractivity contribution in [2.45, 2.75) is 19.4 Å². The Bertz CT molecular complexity index is 836. The van der Waals surface area contributed by atoms with Crippen molar-refractivity contribution in [3.05, 3.63) is 72.6 Å². The van der Waals surface area contributed by atoms with E-state index in [2.05, 4.69) is 20.7 Å². The lowest BCUT2D eigenvalue weighted by Gasteiger charge is -2.18. The molecule has 0 aliphatic rings. The average molecular weight is 339 g/mol. The topological polar surface area (TPSA) is 71.8 Å². The number of halogens is 1. The fraction of sp³-hybridized carbons (Fsp3) is 0.167. The van der Waals surface area contributed by atoms with Gasteiger partial charge in [-0.1, -0.05) is 6.92 Å². The van der Waals surface area contributed by atoms with Gasteiger partial charge >= 0.3 is 6.03 Å². The number of nitrogens with zero attached hydrogens (tertiary/aromatic N) is 3. The van der Waals surface area contributed by atoms with Crippen molar-refractivity contribution in [3.63, 3.8) is 0 Å². The molecular formula is C18H18FN5O. The molecule has 2 heterocycles. The molecule has 0 aliphatic carbocycles. The third kappa shape index (κ3) is 4.00. The Labute approximate surface area is 144 Å². The molecule has 0 saturated carbocycles. The summed E-state index contributed by atoms with van der Waals surface area (Å²) >= 11 is 0. The molecule has 0 bridgehead atoms. The highest BCUT2D eigenvalue weighted by atomic mass is 19.1. The molecule has 0 aliphatic heterocycles. The Hall–Kier alpha value is -3.22. The van der Waals surface area contributed by atoms with E-state index in [-0.39, 0.29) is 6.04 Å². The zero-order chi connectivity index (χ0) is 17.6. The van der Waals surface area contributed by atoms with Crippen LogP contribution in [-0.4, -0.2) is 20.8 Å². The molecule has 2 aromatic heterocycles. The van der Waals surface area contributed by atoms with Crippen molar-refractivity contribution in [1.29, 1.82) is 0 Å². The van der Waals surface area contributed by atoms with E-state index < -0.39 is 11.8 Å². The van der Waals surface area contributed by atoms with Gasteiger partial charge in [-0.3, -0.25) is 4.98 Å². The number of pyridine rings is 1. The smallest absolute Gasteiger partial charge is 0.319 e. The van der Waals surface area contributed by atoms with Crippen molar-refractivity contribution >= 4 is 11.7 Å². The zero-order valence-corrected chi connectivity index (χ0v) is 13.7. The fourth-order valence-electron chi connectivity index (χ4n) is 2.55. The van der Waals surface area contributed by atoms with Crippen LogP contribution in [0.3, 0.4) is 0 Å². The Balaban J connectivity index is 1.78. The summed E-state index contributed by atoms with van der Waals surface area (Å²) < 4.78 is 15.2. The second kappa shape index (κ2) is 7.57. The van der Waals surface area contributed by atoms with E-state index >= 15 is 0 Å². The normalized spacial score (nSPS) is 11.8. The maximum atomic E-state index is 13.6. The van der Waals surface area contributed by atoms with Crippen LogP contribution < -0.4 is 10.6 Å². The molecule has 1 aromatic carbocycles. The van der Waals surface area contributed by atoms with Crippen LogP contribution in [0.2, 0.25) is 0 Å². The maximum Gasteiger partial charge on any atom is 0.319 e. The first kappa shape index (κ1) is 16.6. The van der Waals surface area contributed by atoms with Gasteiger partial charge in [0, 0.05) is 24.8 Å². The number of carbonyl (C=O) groups excluding carboxylic acids is 1. The predicted molar refractivity (Wildman–Crippen MR) is 92.9 cm³/mol. The molecule has 0 fully saturated rings. The second-order valence-electron chi connectivity index (χ2n) is 5.45. The van der Waals surface area contributed by atoms with Gasteiger partial charge in [-0.2, -0.15) is 5.10 Å². The van der Waals surface area contributed by atoms with Crippen LogP contribution >= 0.6 is 0 Å². The number of hydrogen-bond acceptors (Lipinski definition) is 3. The number of hydrogen-bond donors (Lipinski definition) is 2. The molecule has 0 spiro atoms. The lowest BCUT2D eigenvalue weighted by molar-refractivity contribution is 0.248. The Kier molecular flexibility index (Phi) is 5.03.